The molecule has 0 amide bonds. The minimum atomic E-state index is -1.60. The number of aliphatic hydroxyl groups is 7. The van der Waals surface area contributed by atoms with Gasteiger partial charge < -0.3 is 98.6 Å². The van der Waals surface area contributed by atoms with Gasteiger partial charge in [-0.1, -0.05) is 0 Å². The van der Waals surface area contributed by atoms with Crippen molar-refractivity contribution in [3.05, 3.63) is 0 Å². The second-order valence-corrected chi connectivity index (χ2v) is 11.2. The molecule has 246 valence electrons. The third kappa shape index (κ3) is 6.60. The Morgan fingerprint density at radius 3 is 1.45 bits per heavy atom. The lowest BCUT2D eigenvalue weighted by Crippen LogP contribution is -2.68. The fraction of sp³-hybridized carbons (Fsp3) is 1.00. The van der Waals surface area contributed by atoms with Crippen molar-refractivity contribution in [1.82, 2.24) is 0 Å². The van der Waals surface area contributed by atoms with Crippen LogP contribution in [0.15, 0.2) is 0 Å². The van der Waals surface area contributed by atoms with Crippen molar-refractivity contribution in [2.24, 2.45) is 34.4 Å². The molecule has 19 atom stereocenters. The monoisotopic (exact) mass is 614 g/mol. The van der Waals surface area contributed by atoms with Crippen molar-refractivity contribution < 1.29 is 64.2 Å². The standard InChI is InChI=1S/C23H46N6O13/c24-2-7-13(32)15(34)10(28)21(37-7)40-18-6(27)1-5(26)12(31)20(18)42-23-17(36)19(9(4-30)39-23)41-22-11(29)16(35)14(33)8(3-25)38-22/h5-23,30-36H,1-4,24-29H2/t5-,6+,7-,8+,9+,10+,11-,12-,13+,14-,15-,16+,17-,18+,19-,20-,21+,22-,23-/m0/s1. The van der Waals surface area contributed by atoms with Crippen LogP contribution in [0, 0.1) is 0 Å². The van der Waals surface area contributed by atoms with Gasteiger partial charge in [0, 0.05) is 25.2 Å². The summed E-state index contributed by atoms with van der Waals surface area (Å²) in [6, 6.07) is -4.18. The third-order valence-electron chi connectivity index (χ3n) is 8.37. The Bertz CT molecular complexity index is 868. The molecule has 0 aromatic rings. The SMILES string of the molecule is NC[C@@H]1O[C@H](O[C@H]2[C@@H](O[C@@H]3O[C@H](CO)[C@H](O[C@@H]4O[C@H](CN)[C@H](O)[C@H](O)[C@@H]4N)[C@@H]3O)[C@@H](O)[C@@H](N)C[C@H]2N)[C@H](N)[C@H](O)[C@@H]1O. The van der Waals surface area contributed by atoms with Crippen molar-refractivity contribution in [2.75, 3.05) is 19.7 Å². The molecule has 0 aromatic heterocycles. The van der Waals surface area contributed by atoms with Crippen molar-refractivity contribution >= 4 is 0 Å². The van der Waals surface area contributed by atoms with Crippen LogP contribution in [0.25, 0.3) is 0 Å². The Kier molecular flexibility index (Phi) is 11.5. The van der Waals surface area contributed by atoms with Crippen LogP contribution in [0.5, 0.6) is 0 Å². The molecule has 0 unspecified atom stereocenters. The van der Waals surface area contributed by atoms with Gasteiger partial charge in [0.05, 0.1) is 24.8 Å². The average molecular weight is 615 g/mol. The minimum absolute atomic E-state index is 0.0889. The molecule has 0 aromatic carbocycles. The lowest BCUT2D eigenvalue weighted by Gasteiger charge is -2.47. The lowest BCUT2D eigenvalue weighted by molar-refractivity contribution is -0.306. The second kappa shape index (κ2) is 14.1. The van der Waals surface area contributed by atoms with E-state index in [9.17, 15) is 35.7 Å². The smallest absolute Gasteiger partial charge is 0.187 e. The Balaban J connectivity index is 1.50. The summed E-state index contributed by atoms with van der Waals surface area (Å²) in [6.45, 7) is -0.967. The van der Waals surface area contributed by atoms with E-state index in [1.807, 2.05) is 0 Å². The summed E-state index contributed by atoms with van der Waals surface area (Å²) in [5.41, 5.74) is 35.6. The summed E-state index contributed by atoms with van der Waals surface area (Å²) in [5, 5.41) is 73.0. The highest BCUT2D eigenvalue weighted by Crippen LogP contribution is 2.34. The van der Waals surface area contributed by atoms with Crippen molar-refractivity contribution in [2.45, 2.75) is 123 Å². The Morgan fingerprint density at radius 1 is 0.524 bits per heavy atom. The maximum Gasteiger partial charge on any atom is 0.187 e. The van der Waals surface area contributed by atoms with Crippen LogP contribution >= 0.6 is 0 Å². The molecule has 1 aliphatic carbocycles. The van der Waals surface area contributed by atoms with Gasteiger partial charge in [-0.25, -0.2) is 0 Å². The van der Waals surface area contributed by atoms with Crippen LogP contribution in [-0.2, 0) is 28.4 Å². The third-order valence-corrected chi connectivity index (χ3v) is 8.37. The van der Waals surface area contributed by atoms with Crippen LogP contribution in [0.2, 0.25) is 0 Å². The van der Waals surface area contributed by atoms with Gasteiger partial charge in [0.25, 0.3) is 0 Å². The maximum atomic E-state index is 11.1. The van der Waals surface area contributed by atoms with E-state index < -0.39 is 123 Å². The predicted molar refractivity (Wildman–Crippen MR) is 138 cm³/mol. The molecule has 19 heteroatoms. The van der Waals surface area contributed by atoms with E-state index in [2.05, 4.69) is 0 Å². The van der Waals surface area contributed by atoms with Crippen molar-refractivity contribution in [3.8, 4) is 0 Å². The van der Waals surface area contributed by atoms with Crippen LogP contribution in [0.1, 0.15) is 6.42 Å². The zero-order valence-corrected chi connectivity index (χ0v) is 22.8. The molecular weight excluding hydrogens is 568 g/mol. The van der Waals surface area contributed by atoms with E-state index in [1.54, 1.807) is 0 Å². The molecule has 0 spiro atoms. The van der Waals surface area contributed by atoms with Gasteiger partial charge >= 0.3 is 0 Å². The molecule has 19 nitrogen and oxygen atoms in total. The van der Waals surface area contributed by atoms with Crippen molar-refractivity contribution in [3.63, 3.8) is 0 Å². The van der Waals surface area contributed by atoms with E-state index in [0.29, 0.717) is 0 Å². The quantitative estimate of drug-likeness (QED) is 0.115. The molecule has 3 heterocycles. The summed E-state index contributed by atoms with van der Waals surface area (Å²) in [6.07, 6.45) is -19.8. The van der Waals surface area contributed by atoms with E-state index in [4.69, 9.17) is 62.8 Å². The molecular formula is C23H46N6O13. The molecule has 4 fully saturated rings. The Labute approximate surface area is 241 Å². The zero-order chi connectivity index (χ0) is 31.0. The molecule has 0 radical (unpaired) electrons. The first-order chi connectivity index (χ1) is 19.8. The second-order valence-electron chi connectivity index (χ2n) is 11.2. The Morgan fingerprint density at radius 2 is 0.976 bits per heavy atom. The van der Waals surface area contributed by atoms with Crippen LogP contribution in [0.4, 0.5) is 0 Å². The lowest BCUT2D eigenvalue weighted by atomic mass is 9.84. The Hall–Kier alpha value is -0.760. The van der Waals surface area contributed by atoms with E-state index in [0.717, 1.165) is 0 Å². The van der Waals surface area contributed by atoms with Gasteiger partial charge in [-0.2, -0.15) is 0 Å². The molecule has 4 aliphatic rings. The molecule has 4 rings (SSSR count). The highest BCUT2D eigenvalue weighted by atomic mass is 16.8. The van der Waals surface area contributed by atoms with Crippen molar-refractivity contribution in [1.29, 1.82) is 0 Å². The number of hydrogen-bond donors (Lipinski definition) is 13. The van der Waals surface area contributed by atoms with Crippen LogP contribution in [0.3, 0.4) is 0 Å². The topological polar surface area (TPSA) is 353 Å². The first kappa shape index (κ1) is 34.1. The molecule has 42 heavy (non-hydrogen) atoms. The first-order valence-corrected chi connectivity index (χ1v) is 13.9. The first-order valence-electron chi connectivity index (χ1n) is 13.9. The molecule has 3 aliphatic heterocycles. The van der Waals surface area contributed by atoms with Gasteiger partial charge in [-0.15, -0.1) is 0 Å². The summed E-state index contributed by atoms with van der Waals surface area (Å²) in [7, 11) is 0. The number of aliphatic hydroxyl groups excluding tert-OH is 7. The summed E-state index contributed by atoms with van der Waals surface area (Å²) in [4.78, 5) is 0. The number of ether oxygens (including phenoxy) is 6. The zero-order valence-electron chi connectivity index (χ0n) is 22.8. The molecule has 19 N–H and O–H groups in total. The summed E-state index contributed by atoms with van der Waals surface area (Å²) in [5.74, 6) is 0. The fourth-order valence-corrected chi connectivity index (χ4v) is 5.74. The average Bonchev–Trinajstić information content (AvgIpc) is 3.27. The van der Waals surface area contributed by atoms with Gasteiger partial charge in [0.1, 0.15) is 67.1 Å². The minimum Gasteiger partial charge on any atom is -0.394 e. The molecule has 0 bridgehead atoms. The van der Waals surface area contributed by atoms with E-state index in [-0.39, 0.29) is 19.5 Å². The highest BCUT2D eigenvalue weighted by molar-refractivity contribution is 5.02. The highest BCUT2D eigenvalue weighted by Gasteiger charge is 2.54. The van der Waals surface area contributed by atoms with Gasteiger partial charge in [-0.05, 0) is 6.42 Å². The van der Waals surface area contributed by atoms with Gasteiger partial charge in [0.15, 0.2) is 18.9 Å². The van der Waals surface area contributed by atoms with Crippen LogP contribution in [-0.4, -0.2) is 172 Å². The molecule has 1 saturated carbocycles. The number of hydrogen-bond acceptors (Lipinski definition) is 19. The van der Waals surface area contributed by atoms with Gasteiger partial charge in [-0.3, -0.25) is 0 Å². The normalized spacial score (nSPS) is 53.8. The van der Waals surface area contributed by atoms with E-state index >= 15 is 0 Å². The largest absolute Gasteiger partial charge is 0.394 e. The fourth-order valence-electron chi connectivity index (χ4n) is 5.74. The van der Waals surface area contributed by atoms with Crippen LogP contribution < -0.4 is 34.4 Å². The summed E-state index contributed by atoms with van der Waals surface area (Å²) < 4.78 is 34.6. The number of rotatable bonds is 9. The van der Waals surface area contributed by atoms with E-state index in [1.165, 1.54) is 0 Å². The maximum absolute atomic E-state index is 11.1. The predicted octanol–water partition coefficient (Wildman–Crippen LogP) is -8.90. The summed E-state index contributed by atoms with van der Waals surface area (Å²) >= 11 is 0. The number of nitrogens with two attached hydrogens (primary N) is 6. The molecule has 3 saturated heterocycles. The van der Waals surface area contributed by atoms with Gasteiger partial charge in [0.2, 0.25) is 0 Å².